The fourth-order valence-corrected chi connectivity index (χ4v) is 5.08. The summed E-state index contributed by atoms with van der Waals surface area (Å²) in [5.41, 5.74) is 3.67. The van der Waals surface area contributed by atoms with Gasteiger partial charge >= 0.3 is 0 Å². The van der Waals surface area contributed by atoms with Crippen molar-refractivity contribution in [3.63, 3.8) is 0 Å². The topological polar surface area (TPSA) is 37.3 Å². The third kappa shape index (κ3) is 3.21. The Balaban J connectivity index is 1.88. The number of aliphatic hydroxyl groups is 1. The standard InChI is InChI=1S/C20H26O2S/c1-4-9-23-20(7-8-20)15-11-17(21)19(18(22)12-15)16-10-13(2)5-6-14(16)3/h5-6,10,15,21H,4,7-9,11-12H2,1-3H3. The Morgan fingerprint density at radius 3 is 2.61 bits per heavy atom. The first-order chi connectivity index (χ1) is 11.0. The molecule has 0 saturated heterocycles. The molecule has 1 aromatic carbocycles. The van der Waals surface area contributed by atoms with Crippen LogP contribution >= 0.6 is 11.8 Å². The van der Waals surface area contributed by atoms with Gasteiger partial charge in [-0.2, -0.15) is 11.8 Å². The van der Waals surface area contributed by atoms with Crippen LogP contribution in [-0.4, -0.2) is 21.4 Å². The number of aryl methyl sites for hydroxylation is 2. The van der Waals surface area contributed by atoms with Gasteiger partial charge in [-0.15, -0.1) is 0 Å². The fraction of sp³-hybridized carbons (Fsp3) is 0.550. The molecule has 23 heavy (non-hydrogen) atoms. The van der Waals surface area contributed by atoms with Gasteiger partial charge in [0.1, 0.15) is 5.76 Å². The number of aliphatic hydroxyl groups excluding tert-OH is 1. The highest BCUT2D eigenvalue weighted by Gasteiger charge is 2.51. The average Bonchev–Trinajstić information content (AvgIpc) is 3.29. The van der Waals surface area contributed by atoms with E-state index in [1.54, 1.807) is 0 Å². The second kappa shape index (κ2) is 6.35. The van der Waals surface area contributed by atoms with Gasteiger partial charge in [0.15, 0.2) is 5.78 Å². The number of carbonyl (C=O) groups excluding carboxylic acids is 1. The summed E-state index contributed by atoms with van der Waals surface area (Å²) < 4.78 is 0.257. The van der Waals surface area contributed by atoms with Crippen LogP contribution in [-0.2, 0) is 4.79 Å². The summed E-state index contributed by atoms with van der Waals surface area (Å²) in [5, 5.41) is 10.6. The molecule has 0 amide bonds. The first kappa shape index (κ1) is 16.6. The number of hydrogen-bond acceptors (Lipinski definition) is 3. The molecule has 2 aliphatic rings. The SMILES string of the molecule is CCCSC1(C2CC(=O)C(c3cc(C)ccc3C)=C(O)C2)CC1. The van der Waals surface area contributed by atoms with E-state index in [-0.39, 0.29) is 10.5 Å². The Hall–Kier alpha value is -1.22. The van der Waals surface area contributed by atoms with E-state index in [9.17, 15) is 9.90 Å². The normalized spacial score (nSPS) is 23.3. The van der Waals surface area contributed by atoms with Crippen LogP contribution in [0.1, 0.15) is 55.7 Å². The molecule has 2 nitrogen and oxygen atoms in total. The van der Waals surface area contributed by atoms with E-state index in [1.807, 2.05) is 43.8 Å². The maximum absolute atomic E-state index is 12.8. The zero-order valence-electron chi connectivity index (χ0n) is 14.3. The molecule has 0 heterocycles. The van der Waals surface area contributed by atoms with Crippen molar-refractivity contribution >= 4 is 23.1 Å². The number of Topliss-reactive ketones (excluding diaryl/α,β-unsaturated/α-hetero) is 1. The maximum Gasteiger partial charge on any atom is 0.167 e. The number of thioether (sulfide) groups is 1. The van der Waals surface area contributed by atoms with E-state index in [1.165, 1.54) is 19.3 Å². The summed E-state index contributed by atoms with van der Waals surface area (Å²) >= 11 is 2.02. The lowest BCUT2D eigenvalue weighted by atomic mass is 9.80. The van der Waals surface area contributed by atoms with Crippen LogP contribution in [0.4, 0.5) is 0 Å². The zero-order chi connectivity index (χ0) is 16.6. The molecule has 1 fully saturated rings. The van der Waals surface area contributed by atoms with Crippen LogP contribution in [0.5, 0.6) is 0 Å². The highest BCUT2D eigenvalue weighted by molar-refractivity contribution is 8.00. The first-order valence-corrected chi connectivity index (χ1v) is 9.62. The van der Waals surface area contributed by atoms with Crippen LogP contribution in [0, 0.1) is 19.8 Å². The smallest absolute Gasteiger partial charge is 0.167 e. The van der Waals surface area contributed by atoms with Crippen molar-refractivity contribution in [3.05, 3.63) is 40.6 Å². The summed E-state index contributed by atoms with van der Waals surface area (Å²) in [5.74, 6) is 1.89. The zero-order valence-corrected chi connectivity index (χ0v) is 15.1. The van der Waals surface area contributed by atoms with Crippen molar-refractivity contribution in [3.8, 4) is 0 Å². The van der Waals surface area contributed by atoms with Crippen LogP contribution in [0.15, 0.2) is 24.0 Å². The van der Waals surface area contributed by atoms with E-state index < -0.39 is 0 Å². The largest absolute Gasteiger partial charge is 0.512 e. The third-order valence-corrected chi connectivity index (χ3v) is 7.11. The molecular weight excluding hydrogens is 304 g/mol. The predicted octanol–water partition coefficient (Wildman–Crippen LogP) is 5.23. The first-order valence-electron chi connectivity index (χ1n) is 8.64. The molecule has 0 radical (unpaired) electrons. The summed E-state index contributed by atoms with van der Waals surface area (Å²) in [4.78, 5) is 12.8. The lowest BCUT2D eigenvalue weighted by molar-refractivity contribution is -0.115. The van der Waals surface area contributed by atoms with Crippen molar-refractivity contribution in [1.29, 1.82) is 0 Å². The average molecular weight is 330 g/mol. The van der Waals surface area contributed by atoms with Gasteiger partial charge in [0.05, 0.1) is 5.57 Å². The van der Waals surface area contributed by atoms with E-state index in [0.29, 0.717) is 30.1 Å². The predicted molar refractivity (Wildman–Crippen MR) is 97.9 cm³/mol. The lowest BCUT2D eigenvalue weighted by Crippen LogP contribution is -2.28. The van der Waals surface area contributed by atoms with Gasteiger partial charge in [-0.1, -0.05) is 30.7 Å². The Morgan fingerprint density at radius 2 is 2.00 bits per heavy atom. The van der Waals surface area contributed by atoms with Crippen molar-refractivity contribution < 1.29 is 9.90 Å². The monoisotopic (exact) mass is 330 g/mol. The second-order valence-corrected chi connectivity index (χ2v) is 8.59. The summed E-state index contributed by atoms with van der Waals surface area (Å²) in [6, 6.07) is 6.11. The molecule has 1 atom stereocenters. The Bertz CT molecular complexity index is 656. The highest BCUT2D eigenvalue weighted by atomic mass is 32.2. The highest BCUT2D eigenvalue weighted by Crippen LogP contribution is 2.58. The van der Waals surface area contributed by atoms with Gasteiger partial charge in [-0.3, -0.25) is 4.79 Å². The lowest BCUT2D eigenvalue weighted by Gasteiger charge is -2.30. The van der Waals surface area contributed by atoms with Crippen LogP contribution in [0.3, 0.4) is 0 Å². The minimum absolute atomic E-state index is 0.121. The summed E-state index contributed by atoms with van der Waals surface area (Å²) in [6.07, 6.45) is 4.81. The minimum atomic E-state index is 0.121. The number of benzene rings is 1. The number of rotatable bonds is 5. The quantitative estimate of drug-likeness (QED) is 0.803. The van der Waals surface area contributed by atoms with Gasteiger partial charge in [0, 0.05) is 17.6 Å². The molecule has 1 N–H and O–H groups in total. The van der Waals surface area contributed by atoms with Crippen LogP contribution in [0.25, 0.3) is 5.57 Å². The maximum atomic E-state index is 12.8. The molecule has 0 spiro atoms. The van der Waals surface area contributed by atoms with E-state index in [0.717, 1.165) is 22.4 Å². The molecule has 3 heteroatoms. The Morgan fingerprint density at radius 1 is 1.26 bits per heavy atom. The molecule has 0 aliphatic heterocycles. The van der Waals surface area contributed by atoms with E-state index >= 15 is 0 Å². The van der Waals surface area contributed by atoms with E-state index in [4.69, 9.17) is 0 Å². The molecule has 1 aromatic rings. The van der Waals surface area contributed by atoms with Crippen molar-refractivity contribution in [2.75, 3.05) is 5.75 Å². The molecule has 2 aliphatic carbocycles. The Labute approximate surface area is 143 Å². The summed E-state index contributed by atoms with van der Waals surface area (Å²) in [6.45, 7) is 6.23. The second-order valence-electron chi connectivity index (χ2n) is 7.08. The molecule has 0 bridgehead atoms. The fourth-order valence-electron chi connectivity index (χ4n) is 3.68. The molecule has 3 rings (SSSR count). The number of carbonyl (C=O) groups is 1. The van der Waals surface area contributed by atoms with Gasteiger partial charge in [0.2, 0.25) is 0 Å². The molecule has 124 valence electrons. The van der Waals surface area contributed by atoms with Crippen LogP contribution in [0.2, 0.25) is 0 Å². The van der Waals surface area contributed by atoms with Crippen molar-refractivity contribution in [2.45, 2.75) is 57.6 Å². The van der Waals surface area contributed by atoms with Gasteiger partial charge in [-0.05, 0) is 55.9 Å². The molecule has 1 unspecified atom stereocenters. The molecular formula is C20H26O2S. The molecule has 0 aromatic heterocycles. The Kier molecular flexibility index (Phi) is 4.59. The number of allylic oxidation sites excluding steroid dienone is 2. The van der Waals surface area contributed by atoms with E-state index in [2.05, 4.69) is 6.92 Å². The van der Waals surface area contributed by atoms with Gasteiger partial charge in [-0.25, -0.2) is 0 Å². The minimum Gasteiger partial charge on any atom is -0.512 e. The van der Waals surface area contributed by atoms with Crippen LogP contribution < -0.4 is 0 Å². The number of ketones is 1. The van der Waals surface area contributed by atoms with Gasteiger partial charge < -0.3 is 5.11 Å². The number of hydrogen-bond donors (Lipinski definition) is 1. The summed E-state index contributed by atoms with van der Waals surface area (Å²) in [7, 11) is 0. The van der Waals surface area contributed by atoms with Crippen molar-refractivity contribution in [1.82, 2.24) is 0 Å². The molecule has 1 saturated carbocycles. The van der Waals surface area contributed by atoms with Crippen molar-refractivity contribution in [2.24, 2.45) is 5.92 Å². The van der Waals surface area contributed by atoms with Gasteiger partial charge in [0.25, 0.3) is 0 Å². The third-order valence-electron chi connectivity index (χ3n) is 5.18.